The summed E-state index contributed by atoms with van der Waals surface area (Å²) in [6.45, 7) is 0.664. The lowest BCUT2D eigenvalue weighted by atomic mass is 9.97. The van der Waals surface area contributed by atoms with Crippen molar-refractivity contribution in [3.8, 4) is 16.9 Å². The summed E-state index contributed by atoms with van der Waals surface area (Å²) >= 11 is 0. The molecule has 3 aromatic carbocycles. The molecule has 3 aromatic rings. The van der Waals surface area contributed by atoms with Crippen LogP contribution in [-0.2, 0) is 19.6 Å². The van der Waals surface area contributed by atoms with Crippen LogP contribution in [0.15, 0.2) is 77.7 Å². The first-order valence-corrected chi connectivity index (χ1v) is 13.1. The number of halogens is 1. The number of ether oxygens (including phenoxy) is 2. The third-order valence-electron chi connectivity index (χ3n) is 5.91. The molecule has 0 spiro atoms. The van der Waals surface area contributed by atoms with Crippen LogP contribution in [0.2, 0.25) is 0 Å². The van der Waals surface area contributed by atoms with E-state index in [4.69, 9.17) is 9.47 Å². The van der Waals surface area contributed by atoms with Gasteiger partial charge in [-0.2, -0.15) is 0 Å². The number of nitrogens with one attached hydrogen (secondary N) is 2. The van der Waals surface area contributed by atoms with Gasteiger partial charge in [-0.15, -0.1) is 0 Å². The van der Waals surface area contributed by atoms with Crippen LogP contribution in [0.3, 0.4) is 0 Å². The smallest absolute Gasteiger partial charge is 0.261 e. The summed E-state index contributed by atoms with van der Waals surface area (Å²) in [5, 5.41) is 32.7. The number of sulfonamides is 1. The van der Waals surface area contributed by atoms with Crippen molar-refractivity contribution in [1.82, 2.24) is 5.32 Å². The quantitative estimate of drug-likeness (QED) is 0.286. The summed E-state index contributed by atoms with van der Waals surface area (Å²) in [6, 6.07) is 16.7. The van der Waals surface area contributed by atoms with E-state index in [2.05, 4.69) is 10.0 Å². The molecule has 0 aliphatic carbocycles. The Bertz CT molecular complexity index is 1390. The second kappa shape index (κ2) is 11.5. The van der Waals surface area contributed by atoms with E-state index in [1.807, 2.05) is 0 Å². The predicted octanol–water partition coefficient (Wildman–Crippen LogP) is 1.62. The number of aliphatic hydroxyl groups is 3. The first-order valence-electron chi connectivity index (χ1n) is 11.6. The highest BCUT2D eigenvalue weighted by molar-refractivity contribution is 7.92. The summed E-state index contributed by atoms with van der Waals surface area (Å²) in [5.41, 5.74) is 1.57. The number of aliphatic hydroxyl groups excluding tert-OH is 3. The van der Waals surface area contributed by atoms with Crippen LogP contribution in [0.5, 0.6) is 5.75 Å². The molecule has 0 aromatic heterocycles. The van der Waals surface area contributed by atoms with Gasteiger partial charge < -0.3 is 30.1 Å². The van der Waals surface area contributed by atoms with E-state index in [1.54, 1.807) is 48.5 Å². The molecule has 0 unspecified atom stereocenters. The number of benzene rings is 3. The summed E-state index contributed by atoms with van der Waals surface area (Å²) in [7, 11) is -3.95. The molecule has 1 aliphatic heterocycles. The van der Waals surface area contributed by atoms with Gasteiger partial charge in [-0.3, -0.25) is 9.52 Å². The molecular weight excluding hydrogens is 519 g/mol. The van der Waals surface area contributed by atoms with Gasteiger partial charge in [0.05, 0.1) is 11.5 Å². The van der Waals surface area contributed by atoms with E-state index in [0.717, 1.165) is 12.1 Å². The van der Waals surface area contributed by atoms with Crippen LogP contribution >= 0.6 is 0 Å². The van der Waals surface area contributed by atoms with Gasteiger partial charge in [-0.1, -0.05) is 24.3 Å². The maximum Gasteiger partial charge on any atom is 0.261 e. The minimum absolute atomic E-state index is 0.0885. The van der Waals surface area contributed by atoms with Gasteiger partial charge in [-0.25, -0.2) is 12.8 Å². The summed E-state index contributed by atoms with van der Waals surface area (Å²) in [6.07, 6.45) is -5.25. The Labute approximate surface area is 218 Å². The molecule has 5 N–H and O–H groups in total. The number of carbonyl (C=O) groups excluding carboxylic acids is 1. The first kappa shape index (κ1) is 27.5. The monoisotopic (exact) mass is 546 g/mol. The van der Waals surface area contributed by atoms with E-state index in [1.165, 1.54) is 19.1 Å². The van der Waals surface area contributed by atoms with Crippen LogP contribution in [0.1, 0.15) is 6.92 Å². The number of carbonyl (C=O) groups is 1. The highest BCUT2D eigenvalue weighted by atomic mass is 32.2. The lowest BCUT2D eigenvalue weighted by Gasteiger charge is -2.42. The van der Waals surface area contributed by atoms with Gasteiger partial charge in [0.25, 0.3) is 10.0 Å². The number of rotatable bonds is 8. The summed E-state index contributed by atoms with van der Waals surface area (Å²) < 4.78 is 52.5. The molecule has 12 heteroatoms. The Hall–Kier alpha value is -3.55. The van der Waals surface area contributed by atoms with Gasteiger partial charge in [-0.05, 0) is 59.7 Å². The number of anilines is 1. The Balaban J connectivity index is 1.56. The molecule has 0 saturated carbocycles. The number of hydrogen-bond donors (Lipinski definition) is 5. The normalized spacial score (nSPS) is 23.4. The summed E-state index contributed by atoms with van der Waals surface area (Å²) in [5.74, 6) is -0.734. The maximum absolute atomic E-state index is 13.2. The first-order chi connectivity index (χ1) is 18.1. The third-order valence-corrected chi connectivity index (χ3v) is 7.31. The minimum atomic E-state index is -3.95. The molecule has 0 radical (unpaired) electrons. The average molecular weight is 547 g/mol. The van der Waals surface area contributed by atoms with Crippen LogP contribution in [0.25, 0.3) is 11.1 Å². The topological polar surface area (TPSA) is 154 Å². The highest BCUT2D eigenvalue weighted by Gasteiger charge is 2.46. The predicted molar refractivity (Wildman–Crippen MR) is 135 cm³/mol. The fourth-order valence-electron chi connectivity index (χ4n) is 4.04. The Morgan fingerprint density at radius 2 is 1.66 bits per heavy atom. The van der Waals surface area contributed by atoms with E-state index < -0.39 is 59.0 Å². The fraction of sp³-hybridized carbons (Fsp3) is 0.269. The molecule has 0 bridgehead atoms. The second-order valence-corrected chi connectivity index (χ2v) is 10.4. The van der Waals surface area contributed by atoms with Crippen molar-refractivity contribution in [3.05, 3.63) is 78.6 Å². The molecule has 10 nitrogen and oxygen atoms in total. The Morgan fingerprint density at radius 3 is 2.32 bits per heavy atom. The zero-order chi connectivity index (χ0) is 27.4. The van der Waals surface area contributed by atoms with Gasteiger partial charge in [0, 0.05) is 12.6 Å². The molecular formula is C26H27FN2O8S. The van der Waals surface area contributed by atoms with Crippen molar-refractivity contribution >= 4 is 21.6 Å². The van der Waals surface area contributed by atoms with E-state index in [9.17, 15) is 32.9 Å². The number of amides is 1. The Kier molecular flexibility index (Phi) is 8.29. The van der Waals surface area contributed by atoms with Crippen molar-refractivity contribution in [2.45, 2.75) is 42.5 Å². The molecule has 1 heterocycles. The van der Waals surface area contributed by atoms with Gasteiger partial charge >= 0.3 is 0 Å². The molecule has 38 heavy (non-hydrogen) atoms. The fourth-order valence-corrected chi connectivity index (χ4v) is 5.09. The van der Waals surface area contributed by atoms with Gasteiger partial charge in [0.2, 0.25) is 12.2 Å². The van der Waals surface area contributed by atoms with Crippen molar-refractivity contribution in [2.75, 3.05) is 11.3 Å². The molecule has 5 atom stereocenters. The zero-order valence-corrected chi connectivity index (χ0v) is 21.0. The largest absolute Gasteiger partial charge is 0.463 e. The summed E-state index contributed by atoms with van der Waals surface area (Å²) in [4.78, 5) is 11.6. The number of hydrogen-bond acceptors (Lipinski definition) is 8. The maximum atomic E-state index is 13.2. The van der Waals surface area contributed by atoms with Crippen molar-refractivity contribution < 1.29 is 42.4 Å². The minimum Gasteiger partial charge on any atom is -0.463 e. The van der Waals surface area contributed by atoms with Crippen LogP contribution in [-0.4, -0.2) is 66.9 Å². The Morgan fingerprint density at radius 1 is 1.00 bits per heavy atom. The molecule has 202 valence electrons. The van der Waals surface area contributed by atoms with Gasteiger partial charge in [0.1, 0.15) is 35.9 Å². The standard InChI is InChI=1S/C26H27FN2O8S/c1-15(31)28-23-25(33)24(32)22(14-30)37-26(23)36-20-7-3-5-17(13-20)16-4-2-6-19(12-16)29-38(34,35)21-10-8-18(27)9-11-21/h2-13,22-26,29-30,32-33H,14H2,1H3,(H,28,31)/t22-,23-,24+,25-,26-/m1/s1. The third kappa shape index (κ3) is 6.29. The molecule has 1 amide bonds. The van der Waals surface area contributed by atoms with Crippen LogP contribution in [0, 0.1) is 5.82 Å². The van der Waals surface area contributed by atoms with Crippen molar-refractivity contribution in [2.24, 2.45) is 0 Å². The second-order valence-electron chi connectivity index (χ2n) is 8.72. The molecule has 4 rings (SSSR count). The molecule has 1 fully saturated rings. The lowest BCUT2D eigenvalue weighted by molar-refractivity contribution is -0.244. The van der Waals surface area contributed by atoms with Crippen LogP contribution < -0.4 is 14.8 Å². The van der Waals surface area contributed by atoms with E-state index in [0.29, 0.717) is 16.9 Å². The molecule has 1 aliphatic rings. The molecule has 1 saturated heterocycles. The van der Waals surface area contributed by atoms with Crippen LogP contribution in [0.4, 0.5) is 10.1 Å². The van der Waals surface area contributed by atoms with Crippen molar-refractivity contribution in [1.29, 1.82) is 0 Å². The van der Waals surface area contributed by atoms with Gasteiger partial charge in [0.15, 0.2) is 0 Å². The lowest BCUT2D eigenvalue weighted by Crippen LogP contribution is -2.65. The SMILES string of the molecule is CC(=O)N[C@H]1[C@H](Oc2cccc(-c3cccc(NS(=O)(=O)c4ccc(F)cc4)c3)c2)O[C@H](CO)[C@H](O)[C@@H]1O. The van der Waals surface area contributed by atoms with E-state index >= 15 is 0 Å². The highest BCUT2D eigenvalue weighted by Crippen LogP contribution is 2.30. The van der Waals surface area contributed by atoms with E-state index in [-0.39, 0.29) is 10.6 Å². The average Bonchev–Trinajstić information content (AvgIpc) is 2.88. The van der Waals surface area contributed by atoms with Crippen molar-refractivity contribution in [3.63, 3.8) is 0 Å². The zero-order valence-electron chi connectivity index (χ0n) is 20.2.